The van der Waals surface area contributed by atoms with Gasteiger partial charge in [0.05, 0.1) is 91.6 Å². The number of anilines is 2. The number of carboxylic acids is 1. The van der Waals surface area contributed by atoms with E-state index >= 15 is 0 Å². The van der Waals surface area contributed by atoms with Gasteiger partial charge in [-0.15, -0.1) is 102 Å². The van der Waals surface area contributed by atoms with E-state index in [1.807, 2.05) is 58.3 Å². The number of fused-ring (bicyclic) bond motifs is 9. The maximum atomic E-state index is 11.1. The molecule has 9 aromatic rings. The lowest BCUT2D eigenvalue weighted by Crippen LogP contribution is -2.49. The number of nitrogens with one attached hydrogen (secondary N) is 1. The van der Waals surface area contributed by atoms with Crippen LogP contribution in [0.3, 0.4) is 0 Å². The Morgan fingerprint density at radius 1 is 0.561 bits per heavy atom. The Morgan fingerprint density at radius 3 is 1.39 bits per heavy atom. The summed E-state index contributed by atoms with van der Waals surface area (Å²) in [5.41, 5.74) is -0.349. The van der Waals surface area contributed by atoms with E-state index in [2.05, 4.69) is 43.6 Å². The fourth-order valence-electron chi connectivity index (χ4n) is 7.68. The molecular weight excluding hydrogens is 1310 g/mol. The lowest BCUT2D eigenvalue weighted by atomic mass is 10.0. The minimum absolute atomic E-state index is 0.0152. The number of aliphatic hydroxyl groups excluding tert-OH is 15. The molecule has 0 saturated heterocycles. The Kier molecular flexibility index (Phi) is 25.5. The van der Waals surface area contributed by atoms with Crippen molar-refractivity contribution >= 4 is 203 Å². The first kappa shape index (κ1) is 67.8. The SMILES string of the molecule is Brc1cc2sc3ccsc3c2s1.CN(CC(O)C(O)C(O)C(O)CO)c1cc2sc3cc(C=O)sc3c2s1.CNCC(O)C(O)C(O)C(O)CO.[C-]#[N+]/C(=C\c1cc2sc3cc(N(C)CC(O)C(O)C(O)C(O)CO)sc3c2s1)C(=O)O. The third-order valence-corrected chi connectivity index (χ3v) is 23.9. The van der Waals surface area contributed by atoms with Crippen molar-refractivity contribution in [3.63, 3.8) is 0 Å². The van der Waals surface area contributed by atoms with Gasteiger partial charge in [0.1, 0.15) is 54.9 Å². The number of hydrogen-bond acceptors (Lipinski definition) is 29. The van der Waals surface area contributed by atoms with E-state index < -0.39 is 99.0 Å². The minimum atomic E-state index is -1.68. The van der Waals surface area contributed by atoms with Crippen LogP contribution in [0.2, 0.25) is 0 Å². The first-order chi connectivity index (χ1) is 38.9. The summed E-state index contributed by atoms with van der Waals surface area (Å²) in [5, 5.41) is 157. The third-order valence-electron chi connectivity index (χ3n) is 12.2. The van der Waals surface area contributed by atoms with Crippen molar-refractivity contribution in [1.82, 2.24) is 5.32 Å². The van der Waals surface area contributed by atoms with E-state index in [4.69, 9.17) is 42.3 Å². The van der Waals surface area contributed by atoms with Gasteiger partial charge in [-0.1, -0.05) is 0 Å². The summed E-state index contributed by atoms with van der Waals surface area (Å²) in [6, 6.07) is 12.1. The fourth-order valence-corrected chi connectivity index (χ4v) is 19.8. The van der Waals surface area contributed by atoms with Crippen LogP contribution < -0.4 is 15.1 Å². The van der Waals surface area contributed by atoms with E-state index in [-0.39, 0.29) is 25.3 Å². The van der Waals surface area contributed by atoms with Gasteiger partial charge in [-0.25, -0.2) is 4.85 Å². The number of likely N-dealkylation sites (N-methyl/N-ethyl adjacent to an activating group) is 3. The first-order valence-electron chi connectivity index (χ1n) is 24.2. The number of halogens is 1. The number of rotatable bonds is 23. The number of nitrogens with zero attached hydrogens (tertiary/aromatic N) is 3. The molecule has 17 N–H and O–H groups in total. The summed E-state index contributed by atoms with van der Waals surface area (Å²) in [6.07, 6.45) is -15.7. The quantitative estimate of drug-likeness (QED) is 0.0246. The van der Waals surface area contributed by atoms with Crippen molar-refractivity contribution in [1.29, 1.82) is 0 Å². The first-order valence-corrected chi connectivity index (χ1v) is 32.4. The van der Waals surface area contributed by atoms with Gasteiger partial charge >= 0.3 is 5.97 Å². The molecule has 9 heterocycles. The zero-order valence-electron chi connectivity index (χ0n) is 43.2. The number of carbonyl (C=O) groups is 2. The van der Waals surface area contributed by atoms with Gasteiger partial charge in [-0.3, -0.25) is 9.59 Å². The molecular formula is C50H59BrN4O18S9. The standard InChI is InChI=1S/C19H20N2O7S3.C16H19NO6S3.C8H3BrS3.C7H17NO5/c1-20-9(19(27)28)3-8-4-12-17(29-8)18-13(30-12)5-14(31-18)21(2)6-10(23)15(25)16(26)11(24)7-22;1-17(4-8(20)13(22)14(23)9(21)6-19)12-3-11-16(26-12)15-10(25-11)2-7(5-18)24-15;9-6-3-5-8(12-6)7-4(11-5)1-2-10-7;1-8-2-4(10)6(12)7(13)5(11)3-9/h3-5,10-11,15-16,22-26H,6-7H2,2H3,(H,27,28);2-3,5,8-9,13-14,19-23H,4,6H2,1H3;1-3H;4-13H,2-3H2,1H3/b9-3-;;;. The molecule has 0 bridgehead atoms. The molecule has 9 aromatic heterocycles. The Labute approximate surface area is 511 Å². The average molecular weight is 1370 g/mol. The predicted molar refractivity (Wildman–Crippen MR) is 334 cm³/mol. The second-order valence-corrected chi connectivity index (χ2v) is 29.0. The van der Waals surface area contributed by atoms with Crippen molar-refractivity contribution in [3.8, 4) is 0 Å². The highest BCUT2D eigenvalue weighted by molar-refractivity contribution is 9.11. The molecule has 22 nitrogen and oxygen atoms in total. The van der Waals surface area contributed by atoms with Crippen LogP contribution in [-0.2, 0) is 4.79 Å². The number of carboxylic acid groups (broad SMARTS) is 1. The lowest BCUT2D eigenvalue weighted by Gasteiger charge is -2.28. The molecule has 0 saturated carbocycles. The molecule has 9 rings (SSSR count). The number of thiophene rings is 9. The molecule has 448 valence electrons. The third kappa shape index (κ3) is 16.4. The lowest BCUT2D eigenvalue weighted by molar-refractivity contribution is -0.132. The van der Waals surface area contributed by atoms with Crippen molar-refractivity contribution < 1.29 is 91.3 Å². The summed E-state index contributed by atoms with van der Waals surface area (Å²) in [4.78, 5) is 29.8. The molecule has 82 heavy (non-hydrogen) atoms. The second-order valence-electron chi connectivity index (χ2n) is 18.2. The van der Waals surface area contributed by atoms with Crippen molar-refractivity contribution in [3.05, 3.63) is 72.4 Å². The Balaban J connectivity index is 0.000000189. The van der Waals surface area contributed by atoms with Gasteiger partial charge in [0.15, 0.2) is 6.29 Å². The topological polar surface area (TPSA) is 381 Å². The Morgan fingerprint density at radius 2 is 0.951 bits per heavy atom. The molecule has 0 aliphatic heterocycles. The molecule has 0 radical (unpaired) electrons. The molecule has 0 amide bonds. The fraction of sp³-hybridized carbons (Fsp3) is 0.420. The maximum Gasteiger partial charge on any atom is 0.333 e. The summed E-state index contributed by atoms with van der Waals surface area (Å²) >= 11 is 18.0. The predicted octanol–water partition coefficient (Wildman–Crippen LogP) is 3.84. The summed E-state index contributed by atoms with van der Waals surface area (Å²) in [6.45, 7) is 4.98. The highest BCUT2D eigenvalue weighted by Crippen LogP contribution is 2.48. The molecule has 12 unspecified atom stereocenters. The molecule has 0 aliphatic rings. The van der Waals surface area contributed by atoms with Crippen molar-refractivity contribution in [2.24, 2.45) is 0 Å². The van der Waals surface area contributed by atoms with Crippen LogP contribution in [0.15, 0.2) is 51.3 Å². The minimum Gasteiger partial charge on any atom is -0.486 e. The number of carbonyl (C=O) groups excluding carboxylic acids is 1. The van der Waals surface area contributed by atoms with Gasteiger partial charge in [-0.2, -0.15) is 0 Å². The number of hydrogen-bond donors (Lipinski definition) is 17. The van der Waals surface area contributed by atoms with E-state index in [1.165, 1.54) is 85.3 Å². The smallest absolute Gasteiger partial charge is 0.333 e. The van der Waals surface area contributed by atoms with Crippen LogP contribution in [0.4, 0.5) is 10.0 Å². The van der Waals surface area contributed by atoms with Crippen LogP contribution in [0, 0.1) is 6.57 Å². The maximum absolute atomic E-state index is 11.1. The molecule has 12 atom stereocenters. The molecule has 0 aliphatic carbocycles. The molecule has 0 aromatic carbocycles. The van der Waals surface area contributed by atoms with Gasteiger partial charge in [0, 0.05) is 66.8 Å². The zero-order chi connectivity index (χ0) is 60.4. The highest BCUT2D eigenvalue weighted by atomic mass is 79.9. The number of aliphatic carboxylic acids is 1. The number of aliphatic hydroxyl groups is 15. The van der Waals surface area contributed by atoms with Crippen LogP contribution >= 0.6 is 118 Å². The highest BCUT2D eigenvalue weighted by Gasteiger charge is 2.33. The normalized spacial score (nSPS) is 16.4. The van der Waals surface area contributed by atoms with Crippen LogP contribution in [-0.4, -0.2) is 228 Å². The van der Waals surface area contributed by atoms with E-state index in [0.29, 0.717) is 9.75 Å². The van der Waals surface area contributed by atoms with E-state index in [1.54, 1.807) is 42.3 Å². The van der Waals surface area contributed by atoms with Crippen LogP contribution in [0.1, 0.15) is 14.5 Å². The van der Waals surface area contributed by atoms with Gasteiger partial charge in [0.2, 0.25) is 0 Å². The second kappa shape index (κ2) is 30.8. The Hall–Kier alpha value is -3.33. The summed E-state index contributed by atoms with van der Waals surface area (Å²) in [7, 11) is 5.04. The monoisotopic (exact) mass is 1370 g/mol. The van der Waals surface area contributed by atoms with Crippen molar-refractivity contribution in [2.75, 3.05) is 70.4 Å². The van der Waals surface area contributed by atoms with Crippen LogP contribution in [0.5, 0.6) is 0 Å². The molecule has 32 heteroatoms. The largest absolute Gasteiger partial charge is 0.486 e. The summed E-state index contributed by atoms with van der Waals surface area (Å²) in [5.74, 6) is -1.27. The summed E-state index contributed by atoms with van der Waals surface area (Å²) < 4.78 is 15.2. The van der Waals surface area contributed by atoms with Gasteiger partial charge in [0.25, 0.3) is 5.70 Å². The average Bonchev–Trinajstić information content (AvgIpc) is 2.94. The molecule has 0 fully saturated rings. The zero-order valence-corrected chi connectivity index (χ0v) is 52.2. The number of aldehydes is 1. The molecule has 0 spiro atoms. The van der Waals surface area contributed by atoms with Crippen LogP contribution in [0.25, 0.3) is 67.3 Å². The van der Waals surface area contributed by atoms with Gasteiger partial charge < -0.3 is 96.8 Å². The Bertz CT molecular complexity index is 3570. The van der Waals surface area contributed by atoms with Crippen molar-refractivity contribution in [2.45, 2.75) is 73.2 Å². The van der Waals surface area contributed by atoms with E-state index in [9.17, 15) is 55.5 Å². The van der Waals surface area contributed by atoms with Gasteiger partial charge in [-0.05, 0) is 70.8 Å². The van der Waals surface area contributed by atoms with E-state index in [0.717, 1.165) is 53.9 Å².